The summed E-state index contributed by atoms with van der Waals surface area (Å²) >= 11 is 0. The van der Waals surface area contributed by atoms with E-state index in [0.717, 1.165) is 11.3 Å². The average Bonchev–Trinajstić information content (AvgIpc) is 2.69. The standard InChI is InChI=1S/C18H32/c1-15-9-8-12-17(15)11-5-7-14-18(17)13-6-4-10-16(18,2)3/h15H,4-14H2,1-3H3/t15-,17?,18?/m1/s1. The summed E-state index contributed by atoms with van der Waals surface area (Å²) in [5.41, 5.74) is 2.03. The minimum absolute atomic E-state index is 0.601. The Labute approximate surface area is 114 Å². The van der Waals surface area contributed by atoms with Gasteiger partial charge in [0.05, 0.1) is 0 Å². The molecule has 0 aromatic heterocycles. The molecule has 0 aliphatic heterocycles. The van der Waals surface area contributed by atoms with E-state index < -0.39 is 0 Å². The molecule has 3 saturated carbocycles. The molecule has 0 aromatic rings. The molecular weight excluding hydrogens is 216 g/mol. The van der Waals surface area contributed by atoms with Crippen molar-refractivity contribution in [2.75, 3.05) is 0 Å². The van der Waals surface area contributed by atoms with E-state index in [1.54, 1.807) is 25.7 Å². The summed E-state index contributed by atoms with van der Waals surface area (Å²) in [6, 6.07) is 0. The fourth-order valence-electron chi connectivity index (χ4n) is 6.64. The van der Waals surface area contributed by atoms with Crippen LogP contribution in [0, 0.1) is 22.2 Å². The lowest BCUT2D eigenvalue weighted by atomic mass is 9.40. The van der Waals surface area contributed by atoms with Crippen molar-refractivity contribution in [2.24, 2.45) is 22.2 Å². The molecule has 0 nitrogen and oxygen atoms in total. The van der Waals surface area contributed by atoms with Crippen molar-refractivity contribution in [2.45, 2.75) is 91.4 Å². The molecule has 0 bridgehead atoms. The van der Waals surface area contributed by atoms with Gasteiger partial charge in [0.1, 0.15) is 0 Å². The van der Waals surface area contributed by atoms with Gasteiger partial charge in [0.2, 0.25) is 0 Å². The summed E-state index contributed by atoms with van der Waals surface area (Å²) in [6.45, 7) is 7.82. The number of rotatable bonds is 0. The molecule has 3 fully saturated rings. The summed E-state index contributed by atoms with van der Waals surface area (Å²) < 4.78 is 0. The maximum absolute atomic E-state index is 2.62. The van der Waals surface area contributed by atoms with Crippen molar-refractivity contribution in [3.05, 3.63) is 0 Å². The first-order chi connectivity index (χ1) is 8.54. The number of hydrogen-bond acceptors (Lipinski definition) is 0. The van der Waals surface area contributed by atoms with E-state index in [0.29, 0.717) is 10.8 Å². The van der Waals surface area contributed by atoms with Crippen molar-refractivity contribution < 1.29 is 0 Å². The molecule has 18 heavy (non-hydrogen) atoms. The summed E-state index contributed by atoms with van der Waals surface area (Å²) in [4.78, 5) is 0. The van der Waals surface area contributed by atoms with Crippen LogP contribution in [-0.4, -0.2) is 0 Å². The van der Waals surface area contributed by atoms with Gasteiger partial charge in [-0.25, -0.2) is 0 Å². The number of hydrogen-bond donors (Lipinski definition) is 0. The Morgan fingerprint density at radius 2 is 1.28 bits per heavy atom. The molecule has 3 aliphatic carbocycles. The van der Waals surface area contributed by atoms with Crippen molar-refractivity contribution >= 4 is 0 Å². The largest absolute Gasteiger partial charge is 0.0620 e. The van der Waals surface area contributed by atoms with E-state index in [9.17, 15) is 0 Å². The normalized spacial score (nSPS) is 47.8. The first-order valence-corrected chi connectivity index (χ1v) is 8.54. The van der Waals surface area contributed by atoms with E-state index in [4.69, 9.17) is 0 Å². The Kier molecular flexibility index (Phi) is 3.07. The molecule has 3 aliphatic rings. The lowest BCUT2D eigenvalue weighted by Gasteiger charge is -2.64. The fourth-order valence-corrected chi connectivity index (χ4v) is 6.64. The van der Waals surface area contributed by atoms with Crippen LogP contribution in [0.1, 0.15) is 91.4 Å². The molecule has 0 amide bonds. The summed E-state index contributed by atoms with van der Waals surface area (Å²) in [5.74, 6) is 0.996. The smallest absolute Gasteiger partial charge is 0.0187 e. The quantitative estimate of drug-likeness (QED) is 0.496. The first kappa shape index (κ1) is 13.0. The second-order valence-electron chi connectivity index (χ2n) is 8.33. The lowest BCUT2D eigenvalue weighted by Crippen LogP contribution is -2.56. The Morgan fingerprint density at radius 1 is 0.722 bits per heavy atom. The molecule has 2 spiro atoms. The molecule has 3 atom stereocenters. The minimum Gasteiger partial charge on any atom is -0.0620 e. The van der Waals surface area contributed by atoms with Crippen LogP contribution in [0.2, 0.25) is 0 Å². The van der Waals surface area contributed by atoms with E-state index in [2.05, 4.69) is 20.8 Å². The monoisotopic (exact) mass is 248 g/mol. The summed E-state index contributed by atoms with van der Waals surface area (Å²) in [7, 11) is 0. The predicted octanol–water partition coefficient (Wildman–Crippen LogP) is 5.95. The molecular formula is C18H32. The Hall–Kier alpha value is 0. The maximum atomic E-state index is 2.62. The molecule has 2 unspecified atom stereocenters. The molecule has 0 saturated heterocycles. The highest BCUT2D eigenvalue weighted by Gasteiger charge is 2.62. The van der Waals surface area contributed by atoms with Crippen LogP contribution in [0.5, 0.6) is 0 Å². The minimum atomic E-state index is 0.601. The van der Waals surface area contributed by atoms with Crippen molar-refractivity contribution in [3.8, 4) is 0 Å². The predicted molar refractivity (Wildman–Crippen MR) is 78.6 cm³/mol. The van der Waals surface area contributed by atoms with Crippen LogP contribution in [0.3, 0.4) is 0 Å². The van der Waals surface area contributed by atoms with Gasteiger partial charge in [-0.2, -0.15) is 0 Å². The maximum Gasteiger partial charge on any atom is -0.0187 e. The summed E-state index contributed by atoms with van der Waals surface area (Å²) in [5, 5.41) is 0. The Bertz CT molecular complexity index is 310. The van der Waals surface area contributed by atoms with E-state index in [-0.39, 0.29) is 0 Å². The van der Waals surface area contributed by atoms with Crippen LogP contribution in [0.4, 0.5) is 0 Å². The average molecular weight is 248 g/mol. The first-order valence-electron chi connectivity index (χ1n) is 8.54. The Balaban J connectivity index is 2.05. The highest BCUT2D eigenvalue weighted by molar-refractivity contribution is 5.11. The zero-order chi connectivity index (χ0) is 12.9. The van der Waals surface area contributed by atoms with Gasteiger partial charge < -0.3 is 0 Å². The second kappa shape index (κ2) is 4.25. The van der Waals surface area contributed by atoms with Crippen molar-refractivity contribution in [1.82, 2.24) is 0 Å². The SMILES string of the molecule is C[C@@H]1CCCC12CCCCC21CCCCC1(C)C. The topological polar surface area (TPSA) is 0 Å². The summed E-state index contributed by atoms with van der Waals surface area (Å²) in [6.07, 6.45) is 16.7. The van der Waals surface area contributed by atoms with Crippen LogP contribution in [0.15, 0.2) is 0 Å². The molecule has 0 aromatic carbocycles. The van der Waals surface area contributed by atoms with Gasteiger partial charge in [0.15, 0.2) is 0 Å². The molecule has 104 valence electrons. The van der Waals surface area contributed by atoms with Gasteiger partial charge in [-0.3, -0.25) is 0 Å². The third-order valence-electron chi connectivity index (χ3n) is 7.58. The second-order valence-corrected chi connectivity index (χ2v) is 8.33. The van der Waals surface area contributed by atoms with Gasteiger partial charge in [-0.1, -0.05) is 59.3 Å². The molecule has 0 heteroatoms. The van der Waals surface area contributed by atoms with Gasteiger partial charge in [0.25, 0.3) is 0 Å². The van der Waals surface area contributed by atoms with E-state index >= 15 is 0 Å². The van der Waals surface area contributed by atoms with Crippen molar-refractivity contribution in [1.29, 1.82) is 0 Å². The molecule has 0 radical (unpaired) electrons. The zero-order valence-electron chi connectivity index (χ0n) is 12.9. The molecule has 0 N–H and O–H groups in total. The highest BCUT2D eigenvalue weighted by Crippen LogP contribution is 2.71. The van der Waals surface area contributed by atoms with Crippen LogP contribution in [-0.2, 0) is 0 Å². The lowest BCUT2D eigenvalue weighted by molar-refractivity contribution is -0.149. The van der Waals surface area contributed by atoms with E-state index in [1.165, 1.54) is 44.9 Å². The third kappa shape index (κ3) is 1.50. The van der Waals surface area contributed by atoms with Crippen LogP contribution >= 0.6 is 0 Å². The van der Waals surface area contributed by atoms with Gasteiger partial charge in [0, 0.05) is 0 Å². The fraction of sp³-hybridized carbons (Fsp3) is 1.00. The zero-order valence-corrected chi connectivity index (χ0v) is 12.9. The molecule has 0 heterocycles. The van der Waals surface area contributed by atoms with Gasteiger partial charge in [-0.15, -0.1) is 0 Å². The van der Waals surface area contributed by atoms with Crippen LogP contribution in [0.25, 0.3) is 0 Å². The van der Waals surface area contributed by atoms with Crippen molar-refractivity contribution in [3.63, 3.8) is 0 Å². The van der Waals surface area contributed by atoms with Gasteiger partial charge >= 0.3 is 0 Å². The highest BCUT2D eigenvalue weighted by atomic mass is 14.7. The third-order valence-corrected chi connectivity index (χ3v) is 7.58. The Morgan fingerprint density at radius 3 is 1.83 bits per heavy atom. The van der Waals surface area contributed by atoms with Crippen LogP contribution < -0.4 is 0 Å². The van der Waals surface area contributed by atoms with E-state index in [1.807, 2.05) is 0 Å². The van der Waals surface area contributed by atoms with Gasteiger partial charge in [-0.05, 0) is 54.3 Å². The number of fused-ring (bicyclic) bond motifs is 1. The molecule has 3 rings (SSSR count).